The van der Waals surface area contributed by atoms with Crippen LogP contribution in [0, 0.1) is 0 Å². The van der Waals surface area contributed by atoms with E-state index < -0.39 is 18.0 Å². The summed E-state index contributed by atoms with van der Waals surface area (Å²) in [6, 6.07) is 6.51. The molecule has 0 unspecified atom stereocenters. The topological polar surface area (TPSA) is 77.3 Å². The van der Waals surface area contributed by atoms with Gasteiger partial charge in [-0.25, -0.2) is 0 Å². The number of carbonyl (C=O) groups excluding carboxylic acids is 1. The van der Waals surface area contributed by atoms with Crippen molar-refractivity contribution in [3.8, 4) is 17.0 Å². The molecule has 134 valence electrons. The van der Waals surface area contributed by atoms with E-state index in [0.717, 1.165) is 12.1 Å². The number of alkyl halides is 3. The molecule has 0 saturated carbocycles. The number of hydrogen-bond donors (Lipinski definition) is 1. The van der Waals surface area contributed by atoms with Gasteiger partial charge in [-0.05, 0) is 24.3 Å². The zero-order valence-corrected chi connectivity index (χ0v) is 13.2. The van der Waals surface area contributed by atoms with Crippen molar-refractivity contribution in [2.75, 3.05) is 0 Å². The van der Waals surface area contributed by atoms with Crippen LogP contribution >= 0.6 is 0 Å². The zero-order chi connectivity index (χ0) is 18.6. The summed E-state index contributed by atoms with van der Waals surface area (Å²) in [6.45, 7) is 0.0392. The minimum absolute atomic E-state index is 0.0282. The highest BCUT2D eigenvalue weighted by molar-refractivity contribution is 5.94. The third-order valence-corrected chi connectivity index (χ3v) is 3.31. The average molecular weight is 363 g/mol. The van der Waals surface area contributed by atoms with Gasteiger partial charge in [0, 0.05) is 23.5 Å². The molecular weight excluding hydrogens is 351 g/mol. The summed E-state index contributed by atoms with van der Waals surface area (Å²) in [4.78, 5) is 20.6. The normalized spacial score (nSPS) is 11.2. The molecule has 1 N–H and O–H groups in total. The predicted molar refractivity (Wildman–Crippen MR) is 84.0 cm³/mol. The van der Waals surface area contributed by atoms with Crippen molar-refractivity contribution in [3.05, 3.63) is 66.5 Å². The van der Waals surface area contributed by atoms with Crippen molar-refractivity contribution >= 4 is 5.91 Å². The molecule has 0 aliphatic heterocycles. The largest absolute Gasteiger partial charge is 0.573 e. The fourth-order valence-electron chi connectivity index (χ4n) is 2.24. The van der Waals surface area contributed by atoms with Crippen LogP contribution in [0.4, 0.5) is 13.2 Å². The highest BCUT2D eigenvalue weighted by atomic mass is 19.4. The number of benzene rings is 1. The fourth-order valence-corrected chi connectivity index (χ4v) is 2.24. The molecule has 0 atom stereocenters. The second-order valence-electron chi connectivity index (χ2n) is 5.12. The first kappa shape index (κ1) is 17.5. The van der Waals surface area contributed by atoms with Gasteiger partial charge in [0.2, 0.25) is 0 Å². The van der Waals surface area contributed by atoms with Gasteiger partial charge in [-0.3, -0.25) is 14.8 Å². The molecule has 0 saturated heterocycles. The molecule has 2 aromatic heterocycles. The van der Waals surface area contributed by atoms with E-state index in [1.54, 1.807) is 6.07 Å². The second-order valence-corrected chi connectivity index (χ2v) is 5.12. The van der Waals surface area contributed by atoms with Crippen molar-refractivity contribution in [3.63, 3.8) is 0 Å². The molecule has 1 amide bonds. The Kier molecular flexibility index (Phi) is 4.87. The van der Waals surface area contributed by atoms with Gasteiger partial charge in [-0.15, -0.1) is 13.2 Å². The first-order valence-electron chi connectivity index (χ1n) is 7.39. The minimum atomic E-state index is -4.83. The van der Waals surface area contributed by atoms with E-state index in [1.165, 1.54) is 37.1 Å². The number of rotatable bonds is 5. The van der Waals surface area contributed by atoms with Gasteiger partial charge in [0.25, 0.3) is 5.91 Å². The van der Waals surface area contributed by atoms with Crippen LogP contribution in [0.15, 0.2) is 59.7 Å². The molecule has 1 aromatic carbocycles. The maximum absolute atomic E-state index is 12.3. The SMILES string of the molecule is O=C(NCc1nccnc1-c1ccoc1)c1cccc(OC(F)(F)F)c1. The molecule has 3 rings (SSSR count). The Balaban J connectivity index is 1.71. The average Bonchev–Trinajstić information content (AvgIpc) is 3.13. The second kappa shape index (κ2) is 7.26. The highest BCUT2D eigenvalue weighted by Crippen LogP contribution is 2.23. The number of ether oxygens (including phenoxy) is 1. The molecule has 0 fully saturated rings. The number of halogens is 3. The molecule has 0 aliphatic rings. The van der Waals surface area contributed by atoms with Crippen LogP contribution < -0.4 is 10.1 Å². The van der Waals surface area contributed by atoms with Gasteiger partial charge in [0.1, 0.15) is 5.75 Å². The van der Waals surface area contributed by atoms with Crippen LogP contribution in [0.1, 0.15) is 16.1 Å². The lowest BCUT2D eigenvalue weighted by Gasteiger charge is -2.11. The van der Waals surface area contributed by atoms with Gasteiger partial charge < -0.3 is 14.5 Å². The van der Waals surface area contributed by atoms with E-state index in [1.807, 2.05) is 0 Å². The number of nitrogens with one attached hydrogen (secondary N) is 1. The van der Waals surface area contributed by atoms with E-state index in [-0.39, 0.29) is 12.1 Å². The molecule has 3 aromatic rings. The molecule has 0 spiro atoms. The van der Waals surface area contributed by atoms with Crippen LogP contribution in [0.2, 0.25) is 0 Å². The monoisotopic (exact) mass is 363 g/mol. The number of aromatic nitrogens is 2. The van der Waals surface area contributed by atoms with Crippen LogP contribution in [0.3, 0.4) is 0 Å². The summed E-state index contributed by atoms with van der Waals surface area (Å²) in [5.74, 6) is -1.04. The van der Waals surface area contributed by atoms with Gasteiger partial charge in [-0.1, -0.05) is 6.07 Å². The Morgan fingerprint density at radius 3 is 2.73 bits per heavy atom. The predicted octanol–water partition coefficient (Wildman–Crippen LogP) is 3.57. The standard InChI is InChI=1S/C17H12F3N3O3/c18-17(19,20)26-13-3-1-2-11(8-13)16(24)23-9-14-15(22-6-5-21-14)12-4-7-25-10-12/h1-8,10H,9H2,(H,23,24). The van der Waals surface area contributed by atoms with Crippen molar-refractivity contribution in [2.45, 2.75) is 12.9 Å². The lowest BCUT2D eigenvalue weighted by Crippen LogP contribution is -2.24. The molecule has 6 nitrogen and oxygen atoms in total. The van der Waals surface area contributed by atoms with Crippen molar-refractivity contribution in [1.82, 2.24) is 15.3 Å². The summed E-state index contributed by atoms with van der Waals surface area (Å²) in [5.41, 5.74) is 1.75. The first-order chi connectivity index (χ1) is 12.4. The molecular formula is C17H12F3N3O3. The molecule has 0 radical (unpaired) electrons. The van der Waals surface area contributed by atoms with Crippen LogP contribution in [-0.4, -0.2) is 22.2 Å². The lowest BCUT2D eigenvalue weighted by molar-refractivity contribution is -0.274. The third kappa shape index (κ3) is 4.38. The zero-order valence-electron chi connectivity index (χ0n) is 13.2. The lowest BCUT2D eigenvalue weighted by atomic mass is 10.1. The Morgan fingerprint density at radius 1 is 1.19 bits per heavy atom. The van der Waals surface area contributed by atoms with E-state index >= 15 is 0 Å². The third-order valence-electron chi connectivity index (χ3n) is 3.31. The van der Waals surface area contributed by atoms with E-state index in [2.05, 4.69) is 20.0 Å². The van der Waals surface area contributed by atoms with Crippen LogP contribution in [-0.2, 0) is 6.54 Å². The maximum Gasteiger partial charge on any atom is 0.573 e. The molecule has 2 heterocycles. The summed E-state index contributed by atoms with van der Waals surface area (Å²) >= 11 is 0. The van der Waals surface area contributed by atoms with Crippen LogP contribution in [0.25, 0.3) is 11.3 Å². The van der Waals surface area contributed by atoms with Crippen molar-refractivity contribution in [2.24, 2.45) is 0 Å². The number of amides is 1. The Morgan fingerprint density at radius 2 is 2.00 bits per heavy atom. The van der Waals surface area contributed by atoms with E-state index in [9.17, 15) is 18.0 Å². The van der Waals surface area contributed by atoms with E-state index in [0.29, 0.717) is 17.0 Å². The van der Waals surface area contributed by atoms with Crippen LogP contribution in [0.5, 0.6) is 5.75 Å². The number of nitrogens with zero attached hydrogens (tertiary/aromatic N) is 2. The van der Waals surface area contributed by atoms with Crippen molar-refractivity contribution < 1.29 is 27.1 Å². The summed E-state index contributed by atoms with van der Waals surface area (Å²) in [7, 11) is 0. The van der Waals surface area contributed by atoms with Gasteiger partial charge in [0.15, 0.2) is 0 Å². The summed E-state index contributed by atoms with van der Waals surface area (Å²) < 4.78 is 45.7. The number of furan rings is 1. The fraction of sp³-hybridized carbons (Fsp3) is 0.118. The Hall–Kier alpha value is -3.36. The molecule has 0 aliphatic carbocycles. The highest BCUT2D eigenvalue weighted by Gasteiger charge is 2.31. The smallest absolute Gasteiger partial charge is 0.472 e. The molecule has 0 bridgehead atoms. The minimum Gasteiger partial charge on any atom is -0.472 e. The molecule has 26 heavy (non-hydrogen) atoms. The van der Waals surface area contributed by atoms with Gasteiger partial charge in [0.05, 0.1) is 30.5 Å². The van der Waals surface area contributed by atoms with Gasteiger partial charge >= 0.3 is 6.36 Å². The quantitative estimate of drug-likeness (QED) is 0.750. The number of carbonyl (C=O) groups is 1. The van der Waals surface area contributed by atoms with Gasteiger partial charge in [-0.2, -0.15) is 0 Å². The first-order valence-corrected chi connectivity index (χ1v) is 7.39. The Bertz CT molecular complexity index is 896. The van der Waals surface area contributed by atoms with E-state index in [4.69, 9.17) is 4.42 Å². The number of hydrogen-bond acceptors (Lipinski definition) is 5. The molecule has 9 heteroatoms. The maximum atomic E-state index is 12.3. The Labute approximate surface area is 145 Å². The van der Waals surface area contributed by atoms with Crippen molar-refractivity contribution in [1.29, 1.82) is 0 Å². The summed E-state index contributed by atoms with van der Waals surface area (Å²) in [6.07, 6.45) is 1.13. The summed E-state index contributed by atoms with van der Waals surface area (Å²) in [5, 5.41) is 2.60.